The van der Waals surface area contributed by atoms with Crippen molar-refractivity contribution in [3.8, 4) is 0 Å². The van der Waals surface area contributed by atoms with E-state index in [-0.39, 0.29) is 6.54 Å². The lowest BCUT2D eigenvalue weighted by Crippen LogP contribution is -2.48. The molecule has 0 heterocycles. The topological polar surface area (TPSA) is 133 Å². The Morgan fingerprint density at radius 2 is 1.17 bits per heavy atom. The summed E-state index contributed by atoms with van der Waals surface area (Å²) in [6.07, 6.45) is 4.73. The van der Waals surface area contributed by atoms with Crippen LogP contribution in [0.25, 0.3) is 0 Å². The van der Waals surface area contributed by atoms with E-state index < -0.39 is 31.0 Å². The van der Waals surface area contributed by atoms with Crippen molar-refractivity contribution in [3.05, 3.63) is 0 Å². The van der Waals surface area contributed by atoms with Gasteiger partial charge in [-0.15, -0.1) is 0 Å². The molecule has 7 N–H and O–H groups in total. The van der Waals surface area contributed by atoms with Crippen molar-refractivity contribution >= 4 is 0 Å². The van der Waals surface area contributed by atoms with E-state index in [9.17, 15) is 5.11 Å². The molecule has 0 radical (unpaired) electrons. The molecule has 7 nitrogen and oxygen atoms in total. The lowest BCUT2D eigenvalue weighted by molar-refractivity contribution is -0.113. The molecule has 148 valence electrons. The summed E-state index contributed by atoms with van der Waals surface area (Å²) in [7, 11) is 1.57. The normalized spacial score (nSPS) is 16.0. The number of aliphatic hydroxyl groups is 6. The van der Waals surface area contributed by atoms with Crippen molar-refractivity contribution in [2.24, 2.45) is 0 Å². The van der Waals surface area contributed by atoms with Crippen LogP contribution in [0.3, 0.4) is 0 Å². The molecule has 0 aromatic rings. The first-order valence-electron chi connectivity index (χ1n) is 9.04. The zero-order chi connectivity index (χ0) is 18.8. The van der Waals surface area contributed by atoms with E-state index >= 15 is 0 Å². The van der Waals surface area contributed by atoms with Gasteiger partial charge in [0, 0.05) is 13.2 Å². The Labute approximate surface area is 146 Å². The molecule has 0 aliphatic carbocycles. The lowest BCUT2D eigenvalue weighted by Gasteiger charge is -2.25. The monoisotopic (exact) mass is 353 g/mol. The number of likely N-dealkylation sites (N-methyl/N-ethyl adjacent to an activating group) is 1. The molecule has 7 heteroatoms. The van der Waals surface area contributed by atoms with Gasteiger partial charge in [-0.05, 0) is 13.5 Å². The minimum atomic E-state index is -1.55. The van der Waals surface area contributed by atoms with Gasteiger partial charge in [-0.3, -0.25) is 0 Å². The highest BCUT2D eigenvalue weighted by molar-refractivity contribution is 4.81. The average molecular weight is 354 g/mol. The number of nitrogens with one attached hydrogen (secondary N) is 1. The quantitative estimate of drug-likeness (QED) is 0.214. The van der Waals surface area contributed by atoms with Crippen LogP contribution in [0.1, 0.15) is 58.3 Å². The first-order chi connectivity index (χ1) is 11.5. The van der Waals surface area contributed by atoms with Gasteiger partial charge < -0.3 is 36.0 Å². The molecule has 0 aromatic heterocycles. The highest BCUT2D eigenvalue weighted by Crippen LogP contribution is 2.07. The summed E-state index contributed by atoms with van der Waals surface area (Å²) in [4.78, 5) is 0. The van der Waals surface area contributed by atoms with E-state index in [1.807, 2.05) is 0 Å². The van der Waals surface area contributed by atoms with Gasteiger partial charge in [0.05, 0.1) is 12.7 Å². The second kappa shape index (κ2) is 19.1. The van der Waals surface area contributed by atoms with Crippen LogP contribution in [0.2, 0.25) is 0 Å². The summed E-state index contributed by atoms with van der Waals surface area (Å²) in [5.41, 5.74) is 0. The van der Waals surface area contributed by atoms with Crippen LogP contribution in [0.5, 0.6) is 0 Å². The molecule has 0 bridgehead atoms. The molecule has 0 spiro atoms. The van der Waals surface area contributed by atoms with Crippen molar-refractivity contribution in [1.29, 1.82) is 0 Å². The van der Waals surface area contributed by atoms with Crippen LogP contribution in [0.4, 0.5) is 0 Å². The third-order valence-electron chi connectivity index (χ3n) is 3.75. The van der Waals surface area contributed by atoms with Crippen LogP contribution >= 0.6 is 0 Å². The van der Waals surface area contributed by atoms with Gasteiger partial charge in [-0.25, -0.2) is 0 Å². The Morgan fingerprint density at radius 1 is 0.708 bits per heavy atom. The Balaban J connectivity index is 0. The molecule has 0 unspecified atom stereocenters. The average Bonchev–Trinajstić information content (AvgIpc) is 2.59. The van der Waals surface area contributed by atoms with Gasteiger partial charge in [0.2, 0.25) is 0 Å². The predicted octanol–water partition coefficient (Wildman–Crippen LogP) is -0.239. The summed E-state index contributed by atoms with van der Waals surface area (Å²) in [5.74, 6) is 0. The van der Waals surface area contributed by atoms with Gasteiger partial charge in [0.1, 0.15) is 18.3 Å². The SMILES string of the molecule is CCCCCCCCCCO.CNC[C@H](O)[C@@H](O)[C@H](O)[C@H](O)CO. The molecule has 0 saturated heterocycles. The van der Waals surface area contributed by atoms with Gasteiger partial charge in [0.15, 0.2) is 0 Å². The minimum absolute atomic E-state index is 0.0936. The highest BCUT2D eigenvalue weighted by Gasteiger charge is 2.29. The predicted molar refractivity (Wildman–Crippen MR) is 94.7 cm³/mol. The van der Waals surface area contributed by atoms with Crippen molar-refractivity contribution in [3.63, 3.8) is 0 Å². The smallest absolute Gasteiger partial charge is 0.111 e. The number of aliphatic hydroxyl groups excluding tert-OH is 6. The maximum Gasteiger partial charge on any atom is 0.111 e. The maximum absolute atomic E-state index is 9.21. The van der Waals surface area contributed by atoms with E-state index in [2.05, 4.69) is 12.2 Å². The van der Waals surface area contributed by atoms with Gasteiger partial charge in [-0.1, -0.05) is 51.9 Å². The fourth-order valence-electron chi connectivity index (χ4n) is 2.14. The second-order valence-corrected chi connectivity index (χ2v) is 6.05. The molecule has 24 heavy (non-hydrogen) atoms. The van der Waals surface area contributed by atoms with Crippen molar-refractivity contribution < 1.29 is 30.6 Å². The lowest BCUT2D eigenvalue weighted by atomic mass is 10.0. The van der Waals surface area contributed by atoms with Crippen molar-refractivity contribution in [1.82, 2.24) is 5.32 Å². The fourth-order valence-corrected chi connectivity index (χ4v) is 2.14. The van der Waals surface area contributed by atoms with Gasteiger partial charge in [0.25, 0.3) is 0 Å². The summed E-state index contributed by atoms with van der Waals surface area (Å²) in [5, 5.41) is 56.0. The third-order valence-corrected chi connectivity index (χ3v) is 3.75. The Bertz CT molecular complexity index is 237. The van der Waals surface area contributed by atoms with E-state index in [0.717, 1.165) is 6.42 Å². The molecule has 0 fully saturated rings. The van der Waals surface area contributed by atoms with Crippen LogP contribution in [-0.4, -0.2) is 81.9 Å². The molecule has 0 amide bonds. The minimum Gasteiger partial charge on any atom is -0.396 e. The van der Waals surface area contributed by atoms with Crippen LogP contribution < -0.4 is 5.32 Å². The summed E-state index contributed by atoms with van der Waals surface area (Å²) in [6.45, 7) is 2.04. The molecular formula is C17H39NO6. The fraction of sp³-hybridized carbons (Fsp3) is 1.00. The van der Waals surface area contributed by atoms with E-state index in [0.29, 0.717) is 6.61 Å². The summed E-state index contributed by atoms with van der Waals surface area (Å²) < 4.78 is 0. The van der Waals surface area contributed by atoms with Crippen LogP contribution in [-0.2, 0) is 0 Å². The maximum atomic E-state index is 9.21. The Morgan fingerprint density at radius 3 is 1.58 bits per heavy atom. The van der Waals surface area contributed by atoms with Crippen LogP contribution in [0, 0.1) is 0 Å². The highest BCUT2D eigenvalue weighted by atomic mass is 16.4. The van der Waals surface area contributed by atoms with Gasteiger partial charge >= 0.3 is 0 Å². The molecule has 0 rings (SSSR count). The standard InChI is InChI=1S/C10H22O.C7H17NO5/c1-2-3-4-5-6-7-8-9-10-11;1-8-2-4(10)6(12)7(13)5(11)3-9/h11H,2-10H2,1H3;4-13H,2-3H2,1H3/t;4-,5+,6+,7+/m.0/s1. The molecular weight excluding hydrogens is 314 g/mol. The number of hydrogen-bond donors (Lipinski definition) is 7. The zero-order valence-electron chi connectivity index (χ0n) is 15.3. The Hall–Kier alpha value is -0.280. The number of rotatable bonds is 14. The van der Waals surface area contributed by atoms with Crippen molar-refractivity contribution in [2.45, 2.75) is 82.7 Å². The summed E-state index contributed by atoms with van der Waals surface area (Å²) >= 11 is 0. The van der Waals surface area contributed by atoms with E-state index in [1.54, 1.807) is 7.05 Å². The van der Waals surface area contributed by atoms with E-state index in [4.69, 9.17) is 25.5 Å². The number of unbranched alkanes of at least 4 members (excludes halogenated alkanes) is 7. The number of hydrogen-bond acceptors (Lipinski definition) is 7. The second-order valence-electron chi connectivity index (χ2n) is 6.05. The van der Waals surface area contributed by atoms with Crippen molar-refractivity contribution in [2.75, 3.05) is 26.8 Å². The first-order valence-corrected chi connectivity index (χ1v) is 9.04. The molecule has 0 aliphatic rings. The molecule has 0 aromatic carbocycles. The summed E-state index contributed by atoms with van der Waals surface area (Å²) in [6, 6.07) is 0. The first kappa shape index (κ1) is 26.0. The third kappa shape index (κ3) is 15.3. The molecule has 0 aliphatic heterocycles. The van der Waals surface area contributed by atoms with Crippen LogP contribution in [0.15, 0.2) is 0 Å². The molecule has 0 saturated carbocycles. The largest absolute Gasteiger partial charge is 0.396 e. The van der Waals surface area contributed by atoms with Gasteiger partial charge in [-0.2, -0.15) is 0 Å². The molecule has 4 atom stereocenters. The van der Waals surface area contributed by atoms with E-state index in [1.165, 1.54) is 44.9 Å². The zero-order valence-corrected chi connectivity index (χ0v) is 15.3. The Kier molecular flexibility index (Phi) is 20.6.